The van der Waals surface area contributed by atoms with Crippen LogP contribution in [0.2, 0.25) is 0 Å². The van der Waals surface area contributed by atoms with Gasteiger partial charge in [-0.25, -0.2) is 0 Å². The Morgan fingerprint density at radius 2 is 0.855 bits per heavy atom. The van der Waals surface area contributed by atoms with Gasteiger partial charge in [-0.15, -0.1) is 0 Å². The predicted molar refractivity (Wildman–Crippen MR) is 239 cm³/mol. The van der Waals surface area contributed by atoms with Gasteiger partial charge in [0.15, 0.2) is 0 Å². The molecule has 6 nitrogen and oxygen atoms in total. The van der Waals surface area contributed by atoms with Gasteiger partial charge in [0.1, 0.15) is 0 Å². The molecule has 320 valence electrons. The minimum atomic E-state index is -0.621. The highest BCUT2D eigenvalue weighted by Gasteiger charge is 2.36. The van der Waals surface area contributed by atoms with Crippen molar-refractivity contribution in [2.45, 2.75) is 200 Å². The van der Waals surface area contributed by atoms with Crippen LogP contribution in [0.1, 0.15) is 194 Å². The highest BCUT2D eigenvalue weighted by atomic mass is 16.5. The summed E-state index contributed by atoms with van der Waals surface area (Å²) < 4.78 is 12.3. The highest BCUT2D eigenvalue weighted by molar-refractivity contribution is 5.82. The average Bonchev–Trinajstić information content (AvgIpc) is 3.61. The molecule has 0 aromatic carbocycles. The lowest BCUT2D eigenvalue weighted by Gasteiger charge is -2.20. The Kier molecular flexibility index (Phi) is 37.7. The summed E-state index contributed by atoms with van der Waals surface area (Å²) in [7, 11) is 0. The van der Waals surface area contributed by atoms with Gasteiger partial charge in [-0.05, 0) is 77.0 Å². The van der Waals surface area contributed by atoms with E-state index in [1.54, 1.807) is 0 Å². The third-order valence-electron chi connectivity index (χ3n) is 11.1. The van der Waals surface area contributed by atoms with E-state index in [4.69, 9.17) is 20.9 Å². The molecule has 0 aromatic heterocycles. The number of hydrogen-bond donors (Lipinski definition) is 2. The van der Waals surface area contributed by atoms with Gasteiger partial charge < -0.3 is 25.8 Å². The van der Waals surface area contributed by atoms with Crippen LogP contribution >= 0.6 is 0 Å². The number of rotatable bonds is 40. The van der Waals surface area contributed by atoms with Crippen molar-refractivity contribution in [2.75, 3.05) is 46.1 Å². The van der Waals surface area contributed by atoms with E-state index in [1.165, 1.54) is 154 Å². The van der Waals surface area contributed by atoms with Crippen molar-refractivity contribution < 1.29 is 14.3 Å². The lowest BCUT2D eigenvalue weighted by Crippen LogP contribution is -2.47. The number of likely N-dealkylation sites (tertiary alicyclic amines) is 1. The van der Waals surface area contributed by atoms with Gasteiger partial charge in [-0.3, -0.25) is 4.79 Å². The van der Waals surface area contributed by atoms with Gasteiger partial charge in [0, 0.05) is 44.7 Å². The molecule has 1 aliphatic heterocycles. The summed E-state index contributed by atoms with van der Waals surface area (Å²) in [5, 5.41) is 0. The van der Waals surface area contributed by atoms with E-state index in [1.807, 2.05) is 4.90 Å². The maximum atomic E-state index is 12.8. The molecular formula is C49H91N3O3. The standard InChI is InChI=1S/C49H91N3O3/c1-3-5-7-9-11-13-15-17-19-21-23-25-27-29-31-33-35-37-39-54-44-46-42-52(49(53)48(51)41-50)43-47(46)45-55-40-38-36-34-32-30-28-26-24-22-20-18-16-14-12-10-8-6-4-2/h11-14,17-20,46-48H,3-10,15-16,21-45,50-51H2,1-2H3/b13-11-,14-12-,19-17-,20-18-/t46-,47?,48-/m0/s1. The third kappa shape index (κ3) is 32.0. The molecular weight excluding hydrogens is 679 g/mol. The molecule has 0 spiro atoms. The second-order valence-corrected chi connectivity index (χ2v) is 16.3. The van der Waals surface area contributed by atoms with Crippen LogP contribution in [0.4, 0.5) is 0 Å². The van der Waals surface area contributed by atoms with E-state index in [0.29, 0.717) is 38.1 Å². The van der Waals surface area contributed by atoms with Crippen molar-refractivity contribution >= 4 is 5.91 Å². The number of nitrogens with zero attached hydrogens (tertiary/aromatic N) is 1. The molecule has 1 unspecified atom stereocenters. The number of allylic oxidation sites excluding steroid dienone is 8. The van der Waals surface area contributed by atoms with Crippen LogP contribution in [0.5, 0.6) is 0 Å². The van der Waals surface area contributed by atoms with Crippen molar-refractivity contribution in [1.29, 1.82) is 0 Å². The smallest absolute Gasteiger partial charge is 0.240 e. The summed E-state index contributed by atoms with van der Waals surface area (Å²) in [6.45, 7) is 9.06. The van der Waals surface area contributed by atoms with Gasteiger partial charge in [-0.2, -0.15) is 0 Å². The van der Waals surface area contributed by atoms with E-state index in [-0.39, 0.29) is 12.5 Å². The first kappa shape index (κ1) is 51.3. The maximum Gasteiger partial charge on any atom is 0.240 e. The zero-order chi connectivity index (χ0) is 39.7. The minimum absolute atomic E-state index is 0.0372. The summed E-state index contributed by atoms with van der Waals surface area (Å²) >= 11 is 0. The molecule has 4 N–H and O–H groups in total. The molecule has 0 bridgehead atoms. The van der Waals surface area contributed by atoms with E-state index >= 15 is 0 Å². The number of unbranched alkanes of at least 4 members (excludes halogenated alkanes) is 22. The van der Waals surface area contributed by atoms with Crippen LogP contribution in [0.15, 0.2) is 48.6 Å². The summed E-state index contributed by atoms with van der Waals surface area (Å²) in [5.41, 5.74) is 11.7. The molecule has 1 heterocycles. The maximum absolute atomic E-state index is 12.8. The Balaban J connectivity index is 2.07. The summed E-state index contributed by atoms with van der Waals surface area (Å²) in [4.78, 5) is 14.7. The normalized spacial score (nSPS) is 17.0. The number of nitrogens with two attached hydrogens (primary N) is 2. The quantitative estimate of drug-likeness (QED) is 0.0478. The lowest BCUT2D eigenvalue weighted by molar-refractivity contribution is -0.131. The zero-order valence-corrected chi connectivity index (χ0v) is 36.4. The van der Waals surface area contributed by atoms with Crippen LogP contribution < -0.4 is 11.5 Å². The van der Waals surface area contributed by atoms with Crippen LogP contribution in [0.3, 0.4) is 0 Å². The van der Waals surface area contributed by atoms with Crippen LogP contribution in [0.25, 0.3) is 0 Å². The zero-order valence-electron chi connectivity index (χ0n) is 36.4. The molecule has 1 amide bonds. The van der Waals surface area contributed by atoms with Crippen molar-refractivity contribution in [1.82, 2.24) is 4.90 Å². The third-order valence-corrected chi connectivity index (χ3v) is 11.1. The van der Waals surface area contributed by atoms with Crippen LogP contribution in [0, 0.1) is 11.8 Å². The molecule has 1 rings (SSSR count). The molecule has 1 aliphatic rings. The topological polar surface area (TPSA) is 90.8 Å². The Morgan fingerprint density at radius 3 is 1.20 bits per heavy atom. The Hall–Kier alpha value is -1.73. The lowest BCUT2D eigenvalue weighted by atomic mass is 9.98. The monoisotopic (exact) mass is 770 g/mol. The van der Waals surface area contributed by atoms with Crippen LogP contribution in [-0.2, 0) is 14.3 Å². The molecule has 1 fully saturated rings. The molecule has 55 heavy (non-hydrogen) atoms. The number of carbonyl (C=O) groups is 1. The average molecular weight is 770 g/mol. The Bertz CT molecular complexity index is 884. The van der Waals surface area contributed by atoms with Gasteiger partial charge in [0.05, 0.1) is 19.3 Å². The number of ether oxygens (including phenoxy) is 2. The van der Waals surface area contributed by atoms with E-state index in [9.17, 15) is 4.79 Å². The molecule has 0 aromatic rings. The van der Waals surface area contributed by atoms with Gasteiger partial charge >= 0.3 is 0 Å². The van der Waals surface area contributed by atoms with Crippen molar-refractivity contribution in [3.05, 3.63) is 48.6 Å². The first-order chi connectivity index (χ1) is 27.1. The van der Waals surface area contributed by atoms with Crippen molar-refractivity contribution in [3.8, 4) is 0 Å². The second kappa shape index (κ2) is 40.5. The molecule has 0 saturated carbocycles. The molecule has 1 saturated heterocycles. The fourth-order valence-electron chi connectivity index (χ4n) is 7.39. The molecule has 0 aliphatic carbocycles. The van der Waals surface area contributed by atoms with Gasteiger partial charge in [0.2, 0.25) is 5.91 Å². The van der Waals surface area contributed by atoms with E-state index < -0.39 is 6.04 Å². The Labute approximate surface area is 341 Å². The summed E-state index contributed by atoms with van der Waals surface area (Å²) in [5.74, 6) is 0.552. The second-order valence-electron chi connectivity index (χ2n) is 16.3. The SMILES string of the molecule is CCCCC/C=C\C/C=C\CCCCCCCCCCOCC1CN(C(=O)[C@@H](N)CN)C[C@H]1COCCCCCCCCCC/C=C\C/C=C\CCCCC. The van der Waals surface area contributed by atoms with Gasteiger partial charge in [0.25, 0.3) is 0 Å². The number of hydrogen-bond acceptors (Lipinski definition) is 5. The largest absolute Gasteiger partial charge is 0.381 e. The Morgan fingerprint density at radius 1 is 0.527 bits per heavy atom. The fourth-order valence-corrected chi connectivity index (χ4v) is 7.39. The first-order valence-electron chi connectivity index (χ1n) is 23.6. The summed E-state index contributed by atoms with van der Waals surface area (Å²) in [6.07, 6.45) is 54.4. The van der Waals surface area contributed by atoms with Crippen molar-refractivity contribution in [2.24, 2.45) is 23.3 Å². The van der Waals surface area contributed by atoms with Crippen molar-refractivity contribution in [3.63, 3.8) is 0 Å². The summed E-state index contributed by atoms with van der Waals surface area (Å²) in [6, 6.07) is -0.621. The van der Waals surface area contributed by atoms with E-state index in [2.05, 4.69) is 62.5 Å². The minimum Gasteiger partial charge on any atom is -0.381 e. The van der Waals surface area contributed by atoms with Gasteiger partial charge in [-0.1, -0.05) is 165 Å². The molecule has 6 heteroatoms. The molecule has 3 atom stereocenters. The van der Waals surface area contributed by atoms with E-state index in [0.717, 1.165) is 38.9 Å². The highest BCUT2D eigenvalue weighted by Crippen LogP contribution is 2.25. The number of amides is 1. The predicted octanol–water partition coefficient (Wildman–Crippen LogP) is 12.6. The first-order valence-corrected chi connectivity index (χ1v) is 23.6. The fraction of sp³-hybridized carbons (Fsp3) is 0.816. The van der Waals surface area contributed by atoms with Crippen LogP contribution in [-0.4, -0.2) is 62.9 Å². The number of carbonyl (C=O) groups excluding carboxylic acids is 1. The molecule has 0 radical (unpaired) electrons.